The van der Waals surface area contributed by atoms with Crippen molar-refractivity contribution in [2.24, 2.45) is 34.5 Å². The number of rotatable bonds is 1. The third kappa shape index (κ3) is 2.75. The third-order valence-electron chi connectivity index (χ3n) is 9.66. The van der Waals surface area contributed by atoms with Crippen molar-refractivity contribution in [1.29, 1.82) is 0 Å². The zero-order valence-corrected chi connectivity index (χ0v) is 17.5. The average molecular weight is 381 g/mol. The van der Waals surface area contributed by atoms with Crippen LogP contribution in [0.2, 0.25) is 0 Å². The van der Waals surface area contributed by atoms with Gasteiger partial charge in [-0.2, -0.15) is 0 Å². The van der Waals surface area contributed by atoms with Gasteiger partial charge in [-0.25, -0.2) is 0 Å². The molecule has 0 spiro atoms. The lowest BCUT2D eigenvalue weighted by molar-refractivity contribution is -0.133. The normalized spacial score (nSPS) is 49.4. The van der Waals surface area contributed by atoms with E-state index in [1.165, 1.54) is 36.8 Å². The van der Waals surface area contributed by atoms with Crippen LogP contribution in [0.25, 0.3) is 6.08 Å². The molecule has 4 aliphatic carbocycles. The Morgan fingerprint density at radius 1 is 0.893 bits per heavy atom. The Morgan fingerprint density at radius 2 is 1.64 bits per heavy atom. The van der Waals surface area contributed by atoms with Crippen LogP contribution in [0, 0.1) is 34.5 Å². The molecule has 0 heterocycles. The molecular formula is C26H36O2. The highest BCUT2D eigenvalue weighted by Gasteiger charge is 2.61. The molecule has 28 heavy (non-hydrogen) atoms. The van der Waals surface area contributed by atoms with Gasteiger partial charge in [0.15, 0.2) is 0 Å². The van der Waals surface area contributed by atoms with Gasteiger partial charge >= 0.3 is 0 Å². The van der Waals surface area contributed by atoms with Crippen molar-refractivity contribution in [2.75, 3.05) is 0 Å². The molecule has 0 amide bonds. The van der Waals surface area contributed by atoms with E-state index in [1.807, 2.05) is 0 Å². The van der Waals surface area contributed by atoms with Gasteiger partial charge < -0.3 is 10.2 Å². The van der Waals surface area contributed by atoms with Crippen molar-refractivity contribution >= 4 is 6.08 Å². The van der Waals surface area contributed by atoms with Crippen LogP contribution in [0.5, 0.6) is 0 Å². The van der Waals surface area contributed by atoms with E-state index < -0.39 is 0 Å². The number of hydrogen-bond acceptors (Lipinski definition) is 2. The number of aliphatic hydroxyl groups is 2. The van der Waals surface area contributed by atoms with Crippen molar-refractivity contribution in [1.82, 2.24) is 0 Å². The molecule has 1 aromatic rings. The van der Waals surface area contributed by atoms with E-state index in [0.29, 0.717) is 17.3 Å². The zero-order chi connectivity index (χ0) is 19.5. The second-order valence-corrected chi connectivity index (χ2v) is 10.9. The van der Waals surface area contributed by atoms with Crippen LogP contribution in [0.15, 0.2) is 35.9 Å². The second kappa shape index (κ2) is 6.71. The molecule has 8 atom stereocenters. The molecule has 0 unspecified atom stereocenters. The summed E-state index contributed by atoms with van der Waals surface area (Å²) in [6.45, 7) is 4.90. The molecule has 0 aliphatic heterocycles. The predicted octanol–water partition coefficient (Wildman–Crippen LogP) is 5.44. The quantitative estimate of drug-likeness (QED) is 0.680. The minimum atomic E-state index is -0.294. The van der Waals surface area contributed by atoms with Gasteiger partial charge in [-0.3, -0.25) is 0 Å². The molecule has 2 nitrogen and oxygen atoms in total. The summed E-state index contributed by atoms with van der Waals surface area (Å²) in [5.41, 5.74) is 2.91. The number of benzene rings is 1. The van der Waals surface area contributed by atoms with Crippen LogP contribution in [0.4, 0.5) is 0 Å². The fraction of sp³-hybridized carbons (Fsp3) is 0.692. The Balaban J connectivity index is 1.44. The van der Waals surface area contributed by atoms with Gasteiger partial charge in [-0.05, 0) is 91.6 Å². The van der Waals surface area contributed by atoms with Gasteiger partial charge in [0.25, 0.3) is 0 Å². The monoisotopic (exact) mass is 380 g/mol. The molecule has 1 aromatic carbocycles. The van der Waals surface area contributed by atoms with Crippen LogP contribution in [0.1, 0.15) is 70.8 Å². The van der Waals surface area contributed by atoms with E-state index >= 15 is 0 Å². The summed E-state index contributed by atoms with van der Waals surface area (Å²) in [5.74, 6) is 2.83. The number of aliphatic hydroxyl groups excluding tert-OH is 2. The van der Waals surface area contributed by atoms with E-state index in [-0.39, 0.29) is 17.6 Å². The first-order valence-electron chi connectivity index (χ1n) is 11.5. The van der Waals surface area contributed by atoms with Crippen LogP contribution in [-0.2, 0) is 0 Å². The lowest BCUT2D eigenvalue weighted by Crippen LogP contribution is -2.54. The van der Waals surface area contributed by atoms with Gasteiger partial charge in [0.2, 0.25) is 0 Å². The van der Waals surface area contributed by atoms with Crippen LogP contribution in [0.3, 0.4) is 0 Å². The van der Waals surface area contributed by atoms with E-state index in [4.69, 9.17) is 0 Å². The molecule has 5 rings (SSSR count). The average Bonchev–Trinajstić information content (AvgIpc) is 2.94. The first kappa shape index (κ1) is 18.9. The molecule has 0 aromatic heterocycles. The maximum Gasteiger partial charge on any atom is 0.0809 e. The highest BCUT2D eigenvalue weighted by Crippen LogP contribution is 2.67. The minimum absolute atomic E-state index is 0.0408. The molecule has 4 aliphatic rings. The van der Waals surface area contributed by atoms with Gasteiger partial charge in [0.1, 0.15) is 0 Å². The van der Waals surface area contributed by atoms with E-state index in [9.17, 15) is 10.2 Å². The summed E-state index contributed by atoms with van der Waals surface area (Å²) in [7, 11) is 0. The lowest BCUT2D eigenvalue weighted by Gasteiger charge is -2.60. The molecule has 0 saturated heterocycles. The standard InChI is InChI=1S/C26H36O2/c1-25-12-10-20(27)16-19(25)8-9-21-22(25)11-13-26(2)23(21)15-18(24(26)28)14-17-6-4-3-5-7-17/h3-7,14,19-24,27-28H,8-13,15-16H2,1-2H3/t19-,20+,21+,22-,23-,24-,25-,26-/m1/s1. The SMILES string of the molecule is C[C@@]12CC[C@@H]3[C@H](CC[C@@H]4C[C@@H](O)CC[C@]43C)[C@H]1CC(=Cc1ccccc1)[C@H]2O. The van der Waals surface area contributed by atoms with Crippen LogP contribution < -0.4 is 0 Å². The van der Waals surface area contributed by atoms with Crippen molar-refractivity contribution in [3.05, 3.63) is 41.5 Å². The second-order valence-electron chi connectivity index (χ2n) is 10.9. The van der Waals surface area contributed by atoms with Crippen molar-refractivity contribution in [3.63, 3.8) is 0 Å². The molecule has 2 N–H and O–H groups in total. The van der Waals surface area contributed by atoms with E-state index in [0.717, 1.165) is 37.5 Å². The Kier molecular flexibility index (Phi) is 4.52. The summed E-state index contributed by atoms with van der Waals surface area (Å²) < 4.78 is 0. The van der Waals surface area contributed by atoms with Crippen LogP contribution >= 0.6 is 0 Å². The molecule has 4 saturated carbocycles. The molecular weight excluding hydrogens is 344 g/mol. The lowest BCUT2D eigenvalue weighted by atomic mass is 9.45. The highest BCUT2D eigenvalue weighted by atomic mass is 16.3. The molecule has 2 heteroatoms. The Labute approximate surface area is 170 Å². The molecule has 4 fully saturated rings. The van der Waals surface area contributed by atoms with Gasteiger partial charge in [0.05, 0.1) is 12.2 Å². The smallest absolute Gasteiger partial charge is 0.0809 e. The summed E-state index contributed by atoms with van der Waals surface area (Å²) in [6.07, 6.45) is 11.1. The Hall–Kier alpha value is -1.12. The topological polar surface area (TPSA) is 40.5 Å². The Bertz CT molecular complexity index is 755. The van der Waals surface area contributed by atoms with E-state index in [2.05, 4.69) is 50.3 Å². The number of fused-ring (bicyclic) bond motifs is 5. The zero-order valence-electron chi connectivity index (χ0n) is 17.5. The molecule has 0 radical (unpaired) electrons. The maximum atomic E-state index is 11.3. The molecule has 152 valence electrons. The summed E-state index contributed by atoms with van der Waals surface area (Å²) in [6, 6.07) is 10.5. The fourth-order valence-electron chi connectivity index (χ4n) is 8.00. The minimum Gasteiger partial charge on any atom is -0.393 e. The van der Waals surface area contributed by atoms with E-state index in [1.54, 1.807) is 0 Å². The first-order chi connectivity index (χ1) is 13.4. The summed E-state index contributed by atoms with van der Waals surface area (Å²) >= 11 is 0. The van der Waals surface area contributed by atoms with Crippen molar-refractivity contribution < 1.29 is 10.2 Å². The Morgan fingerprint density at radius 3 is 2.43 bits per heavy atom. The van der Waals surface area contributed by atoms with Crippen molar-refractivity contribution in [3.8, 4) is 0 Å². The van der Waals surface area contributed by atoms with Crippen LogP contribution in [-0.4, -0.2) is 22.4 Å². The van der Waals surface area contributed by atoms with Gasteiger partial charge in [-0.1, -0.05) is 50.3 Å². The molecule has 0 bridgehead atoms. The maximum absolute atomic E-state index is 11.3. The first-order valence-corrected chi connectivity index (χ1v) is 11.5. The predicted molar refractivity (Wildman–Crippen MR) is 114 cm³/mol. The summed E-state index contributed by atoms with van der Waals surface area (Å²) in [4.78, 5) is 0. The highest BCUT2D eigenvalue weighted by molar-refractivity contribution is 5.55. The largest absolute Gasteiger partial charge is 0.393 e. The summed E-state index contributed by atoms with van der Waals surface area (Å²) in [5, 5.41) is 21.5. The number of hydrogen-bond donors (Lipinski definition) is 2. The fourth-order valence-corrected chi connectivity index (χ4v) is 8.00. The van der Waals surface area contributed by atoms with Crippen molar-refractivity contribution in [2.45, 2.75) is 77.4 Å². The van der Waals surface area contributed by atoms with Gasteiger partial charge in [-0.15, -0.1) is 0 Å². The third-order valence-corrected chi connectivity index (χ3v) is 9.66. The van der Waals surface area contributed by atoms with Gasteiger partial charge in [0, 0.05) is 5.41 Å².